The summed E-state index contributed by atoms with van der Waals surface area (Å²) >= 11 is 0. The molecule has 1 fully saturated rings. The van der Waals surface area contributed by atoms with Crippen molar-refractivity contribution in [1.82, 2.24) is 0 Å². The van der Waals surface area contributed by atoms with Crippen molar-refractivity contribution in [3.05, 3.63) is 36.6 Å². The number of hydrogen-bond donors (Lipinski definition) is 0. The van der Waals surface area contributed by atoms with Gasteiger partial charge >= 0.3 is 0 Å². The van der Waals surface area contributed by atoms with Crippen LogP contribution in [0.2, 0.25) is 0 Å². The summed E-state index contributed by atoms with van der Waals surface area (Å²) in [6.07, 6.45) is 11.6. The Labute approximate surface area is 85.1 Å². The second-order valence-corrected chi connectivity index (χ2v) is 4.58. The molecule has 0 amide bonds. The molecule has 0 aliphatic heterocycles. The SMILES string of the molecule is C=CCOC1=CC2CC1C1C=CCC21. The van der Waals surface area contributed by atoms with Gasteiger partial charge in [0.25, 0.3) is 0 Å². The maximum Gasteiger partial charge on any atom is 0.106 e. The molecule has 0 aromatic rings. The molecule has 0 N–H and O–H groups in total. The summed E-state index contributed by atoms with van der Waals surface area (Å²) in [5, 5.41) is 0. The third kappa shape index (κ3) is 1.01. The molecule has 74 valence electrons. The van der Waals surface area contributed by atoms with Crippen molar-refractivity contribution >= 4 is 0 Å². The maximum atomic E-state index is 5.70. The van der Waals surface area contributed by atoms with Crippen LogP contribution in [0, 0.1) is 23.7 Å². The monoisotopic (exact) mass is 188 g/mol. The standard InChI is InChI=1S/C13H16O/c1-2-6-14-13-8-9-7-12(13)11-5-3-4-10(9)11/h2-3,5,8-12H,1,4,6-7H2. The van der Waals surface area contributed by atoms with Gasteiger partial charge in [-0.2, -0.15) is 0 Å². The van der Waals surface area contributed by atoms with Gasteiger partial charge in [0.15, 0.2) is 0 Å². The highest BCUT2D eigenvalue weighted by molar-refractivity contribution is 5.25. The molecule has 1 saturated carbocycles. The van der Waals surface area contributed by atoms with E-state index in [0.29, 0.717) is 12.5 Å². The lowest BCUT2D eigenvalue weighted by molar-refractivity contribution is 0.189. The van der Waals surface area contributed by atoms with E-state index >= 15 is 0 Å². The predicted octanol–water partition coefficient (Wildman–Crippen LogP) is 2.91. The normalized spacial score (nSPS) is 42.4. The molecule has 3 aliphatic rings. The van der Waals surface area contributed by atoms with Gasteiger partial charge in [-0.15, -0.1) is 0 Å². The highest BCUT2D eigenvalue weighted by atomic mass is 16.5. The third-order valence-corrected chi connectivity index (χ3v) is 3.91. The van der Waals surface area contributed by atoms with Gasteiger partial charge in [-0.3, -0.25) is 0 Å². The largest absolute Gasteiger partial charge is 0.494 e. The number of rotatable bonds is 3. The molecule has 1 nitrogen and oxygen atoms in total. The fourth-order valence-corrected chi connectivity index (χ4v) is 3.35. The number of allylic oxidation sites excluding steroid dienone is 4. The fourth-order valence-electron chi connectivity index (χ4n) is 3.35. The van der Waals surface area contributed by atoms with Crippen LogP contribution < -0.4 is 0 Å². The van der Waals surface area contributed by atoms with E-state index in [1.165, 1.54) is 18.6 Å². The van der Waals surface area contributed by atoms with Gasteiger partial charge in [-0.25, -0.2) is 0 Å². The summed E-state index contributed by atoms with van der Waals surface area (Å²) in [5.41, 5.74) is 0. The van der Waals surface area contributed by atoms with Crippen molar-refractivity contribution in [2.75, 3.05) is 6.61 Å². The minimum absolute atomic E-state index is 0.663. The van der Waals surface area contributed by atoms with E-state index in [1.807, 2.05) is 6.08 Å². The first kappa shape index (κ1) is 8.34. The second kappa shape index (κ2) is 3.01. The second-order valence-electron chi connectivity index (χ2n) is 4.58. The average Bonchev–Trinajstić information content (AvgIpc) is 2.85. The minimum atomic E-state index is 0.663. The lowest BCUT2D eigenvalue weighted by Gasteiger charge is -2.24. The van der Waals surface area contributed by atoms with Gasteiger partial charge in [0.1, 0.15) is 6.61 Å². The first-order valence-corrected chi connectivity index (χ1v) is 5.52. The number of hydrogen-bond acceptors (Lipinski definition) is 1. The van der Waals surface area contributed by atoms with E-state index in [1.54, 1.807) is 0 Å². The number of fused-ring (bicyclic) bond motifs is 5. The third-order valence-electron chi connectivity index (χ3n) is 3.91. The number of ether oxygens (including phenoxy) is 1. The molecule has 2 bridgehead atoms. The Morgan fingerprint density at radius 1 is 1.57 bits per heavy atom. The van der Waals surface area contributed by atoms with Crippen molar-refractivity contribution in [2.45, 2.75) is 12.8 Å². The van der Waals surface area contributed by atoms with Gasteiger partial charge in [-0.05, 0) is 36.7 Å². The Morgan fingerprint density at radius 2 is 2.50 bits per heavy atom. The predicted molar refractivity (Wildman–Crippen MR) is 56.6 cm³/mol. The molecule has 0 aromatic heterocycles. The molecule has 1 heteroatoms. The summed E-state index contributed by atoms with van der Waals surface area (Å²) in [6, 6.07) is 0. The van der Waals surface area contributed by atoms with Gasteiger partial charge in [0, 0.05) is 5.92 Å². The van der Waals surface area contributed by atoms with E-state index < -0.39 is 0 Å². The summed E-state index contributed by atoms with van der Waals surface area (Å²) < 4.78 is 5.70. The summed E-state index contributed by atoms with van der Waals surface area (Å²) in [5.74, 6) is 4.40. The molecule has 4 atom stereocenters. The van der Waals surface area contributed by atoms with Gasteiger partial charge in [0.2, 0.25) is 0 Å². The molecule has 3 aliphatic carbocycles. The summed E-state index contributed by atoms with van der Waals surface area (Å²) in [4.78, 5) is 0. The van der Waals surface area contributed by atoms with E-state index in [0.717, 1.165) is 17.8 Å². The Hall–Kier alpha value is -0.980. The van der Waals surface area contributed by atoms with Crippen molar-refractivity contribution < 1.29 is 4.74 Å². The smallest absolute Gasteiger partial charge is 0.106 e. The van der Waals surface area contributed by atoms with Crippen LogP contribution in [-0.4, -0.2) is 6.61 Å². The van der Waals surface area contributed by atoms with Crippen LogP contribution in [-0.2, 0) is 4.74 Å². The average molecular weight is 188 g/mol. The van der Waals surface area contributed by atoms with Crippen molar-refractivity contribution in [2.24, 2.45) is 23.7 Å². The van der Waals surface area contributed by atoms with E-state index in [-0.39, 0.29) is 0 Å². The molecular formula is C13H16O. The summed E-state index contributed by atoms with van der Waals surface area (Å²) in [7, 11) is 0. The molecule has 3 rings (SSSR count). The van der Waals surface area contributed by atoms with Gasteiger partial charge in [-0.1, -0.05) is 24.8 Å². The molecule has 0 aromatic carbocycles. The van der Waals surface area contributed by atoms with Gasteiger partial charge in [0.05, 0.1) is 5.76 Å². The Kier molecular flexibility index (Phi) is 1.79. The highest BCUT2D eigenvalue weighted by Gasteiger charge is 2.48. The highest BCUT2D eigenvalue weighted by Crippen LogP contribution is 2.55. The van der Waals surface area contributed by atoms with Gasteiger partial charge < -0.3 is 4.74 Å². The molecule has 0 heterocycles. The minimum Gasteiger partial charge on any atom is -0.494 e. The van der Waals surface area contributed by atoms with Crippen LogP contribution in [0.3, 0.4) is 0 Å². The zero-order valence-electron chi connectivity index (χ0n) is 8.36. The Morgan fingerprint density at radius 3 is 3.36 bits per heavy atom. The van der Waals surface area contributed by atoms with Crippen LogP contribution in [0.5, 0.6) is 0 Å². The van der Waals surface area contributed by atoms with E-state index in [4.69, 9.17) is 4.74 Å². The van der Waals surface area contributed by atoms with Crippen molar-refractivity contribution in [3.63, 3.8) is 0 Å². The Balaban J connectivity index is 1.78. The van der Waals surface area contributed by atoms with E-state index in [9.17, 15) is 0 Å². The van der Waals surface area contributed by atoms with E-state index in [2.05, 4.69) is 24.8 Å². The van der Waals surface area contributed by atoms with Crippen LogP contribution in [0.4, 0.5) is 0 Å². The summed E-state index contributed by atoms with van der Waals surface area (Å²) in [6.45, 7) is 4.35. The first-order valence-electron chi connectivity index (χ1n) is 5.52. The van der Waals surface area contributed by atoms with Crippen LogP contribution in [0.15, 0.2) is 36.6 Å². The molecule has 0 saturated heterocycles. The zero-order chi connectivity index (χ0) is 9.54. The molecule has 14 heavy (non-hydrogen) atoms. The molecular weight excluding hydrogens is 172 g/mol. The van der Waals surface area contributed by atoms with Crippen LogP contribution >= 0.6 is 0 Å². The quantitative estimate of drug-likeness (QED) is 0.619. The fraction of sp³-hybridized carbons (Fsp3) is 0.538. The van der Waals surface area contributed by atoms with Crippen molar-refractivity contribution in [3.8, 4) is 0 Å². The lowest BCUT2D eigenvalue weighted by Crippen LogP contribution is -2.17. The molecule has 0 radical (unpaired) electrons. The molecule has 4 unspecified atom stereocenters. The van der Waals surface area contributed by atoms with Crippen molar-refractivity contribution in [1.29, 1.82) is 0 Å². The topological polar surface area (TPSA) is 9.23 Å². The lowest BCUT2D eigenvalue weighted by atomic mass is 9.85. The Bertz CT molecular complexity index is 313. The zero-order valence-corrected chi connectivity index (χ0v) is 8.36. The van der Waals surface area contributed by atoms with Crippen LogP contribution in [0.1, 0.15) is 12.8 Å². The maximum absolute atomic E-state index is 5.70. The first-order chi connectivity index (χ1) is 6.90. The molecule has 0 spiro atoms. The van der Waals surface area contributed by atoms with Crippen LogP contribution in [0.25, 0.3) is 0 Å².